The van der Waals surface area contributed by atoms with Crippen molar-refractivity contribution in [2.45, 2.75) is 26.4 Å². The SMILES string of the molecule is CCOCC(C)NCc1ccc(Br)cc1[N+](=O)[O-]. The molecule has 1 atom stereocenters. The molecule has 1 aromatic rings. The van der Waals surface area contributed by atoms with Gasteiger partial charge in [0.05, 0.1) is 11.5 Å². The third kappa shape index (κ3) is 4.72. The zero-order chi connectivity index (χ0) is 13.5. The van der Waals surface area contributed by atoms with Gasteiger partial charge in [-0.25, -0.2) is 0 Å². The van der Waals surface area contributed by atoms with Gasteiger partial charge >= 0.3 is 0 Å². The summed E-state index contributed by atoms with van der Waals surface area (Å²) in [6.07, 6.45) is 0. The third-order valence-corrected chi connectivity index (χ3v) is 2.95. The fraction of sp³-hybridized carbons (Fsp3) is 0.500. The van der Waals surface area contributed by atoms with Gasteiger partial charge in [-0.2, -0.15) is 0 Å². The van der Waals surface area contributed by atoms with Crippen LogP contribution in [0.5, 0.6) is 0 Å². The van der Waals surface area contributed by atoms with Gasteiger partial charge in [0.2, 0.25) is 0 Å². The number of nitro groups is 1. The predicted molar refractivity (Wildman–Crippen MR) is 73.6 cm³/mol. The number of ether oxygens (including phenoxy) is 1. The second-order valence-corrected chi connectivity index (χ2v) is 4.89. The van der Waals surface area contributed by atoms with Crippen LogP contribution in [0.25, 0.3) is 0 Å². The Bertz CT molecular complexity index is 412. The summed E-state index contributed by atoms with van der Waals surface area (Å²) in [4.78, 5) is 10.6. The predicted octanol–water partition coefficient (Wildman–Crippen LogP) is 2.87. The molecule has 0 saturated heterocycles. The van der Waals surface area contributed by atoms with Crippen molar-refractivity contribution < 1.29 is 9.66 Å². The Labute approximate surface area is 115 Å². The maximum absolute atomic E-state index is 10.9. The summed E-state index contributed by atoms with van der Waals surface area (Å²) in [5.74, 6) is 0. The molecule has 100 valence electrons. The number of nitrogens with one attached hydrogen (secondary N) is 1. The standard InChI is InChI=1S/C12H17BrN2O3/c1-3-18-8-9(2)14-7-10-4-5-11(13)6-12(10)15(16)17/h4-6,9,14H,3,7-8H2,1-2H3. The highest BCUT2D eigenvalue weighted by Gasteiger charge is 2.14. The van der Waals surface area contributed by atoms with Crippen molar-refractivity contribution in [1.82, 2.24) is 5.32 Å². The molecule has 1 aromatic carbocycles. The van der Waals surface area contributed by atoms with E-state index in [0.29, 0.717) is 29.8 Å². The van der Waals surface area contributed by atoms with Gasteiger partial charge in [-0.15, -0.1) is 0 Å². The Morgan fingerprint density at radius 2 is 2.28 bits per heavy atom. The van der Waals surface area contributed by atoms with Crippen LogP contribution in [0.1, 0.15) is 19.4 Å². The molecule has 0 aliphatic rings. The molecule has 0 saturated carbocycles. The number of hydrogen-bond acceptors (Lipinski definition) is 4. The number of benzene rings is 1. The van der Waals surface area contributed by atoms with E-state index in [2.05, 4.69) is 21.2 Å². The quantitative estimate of drug-likeness (QED) is 0.620. The Morgan fingerprint density at radius 3 is 2.89 bits per heavy atom. The van der Waals surface area contributed by atoms with Crippen molar-refractivity contribution in [3.8, 4) is 0 Å². The first-order valence-corrected chi connectivity index (χ1v) is 6.57. The lowest BCUT2D eigenvalue weighted by atomic mass is 10.1. The fourth-order valence-electron chi connectivity index (χ4n) is 1.49. The van der Waals surface area contributed by atoms with Crippen molar-refractivity contribution in [3.05, 3.63) is 38.3 Å². The molecule has 0 aliphatic carbocycles. The second kappa shape index (κ2) is 7.45. The molecule has 0 bridgehead atoms. The molecule has 0 aromatic heterocycles. The van der Waals surface area contributed by atoms with E-state index in [1.807, 2.05) is 13.8 Å². The van der Waals surface area contributed by atoms with Crippen LogP contribution in [0.4, 0.5) is 5.69 Å². The highest BCUT2D eigenvalue weighted by atomic mass is 79.9. The molecule has 18 heavy (non-hydrogen) atoms. The summed E-state index contributed by atoms with van der Waals surface area (Å²) in [5.41, 5.74) is 0.798. The van der Waals surface area contributed by atoms with E-state index in [1.54, 1.807) is 12.1 Å². The lowest BCUT2D eigenvalue weighted by Gasteiger charge is -2.13. The van der Waals surface area contributed by atoms with E-state index in [1.165, 1.54) is 6.07 Å². The summed E-state index contributed by atoms with van der Waals surface area (Å²) < 4.78 is 5.99. The van der Waals surface area contributed by atoms with Gasteiger partial charge in [0.25, 0.3) is 5.69 Å². The Balaban J connectivity index is 2.64. The summed E-state index contributed by atoms with van der Waals surface area (Å²) in [7, 11) is 0. The summed E-state index contributed by atoms with van der Waals surface area (Å²) >= 11 is 3.23. The second-order valence-electron chi connectivity index (χ2n) is 3.97. The number of nitrogens with zero attached hydrogens (tertiary/aromatic N) is 1. The van der Waals surface area contributed by atoms with Gasteiger partial charge < -0.3 is 10.1 Å². The molecule has 0 radical (unpaired) electrons. The maximum Gasteiger partial charge on any atom is 0.275 e. The molecule has 0 fully saturated rings. The van der Waals surface area contributed by atoms with E-state index in [0.717, 1.165) is 0 Å². The topological polar surface area (TPSA) is 64.4 Å². The molecular weight excluding hydrogens is 300 g/mol. The Morgan fingerprint density at radius 1 is 1.56 bits per heavy atom. The van der Waals surface area contributed by atoms with Crippen molar-refractivity contribution in [2.24, 2.45) is 0 Å². The minimum Gasteiger partial charge on any atom is -0.380 e. The number of rotatable bonds is 7. The van der Waals surface area contributed by atoms with Gasteiger partial charge in [-0.05, 0) is 26.0 Å². The molecular formula is C12H17BrN2O3. The Hall–Kier alpha value is -0.980. The van der Waals surface area contributed by atoms with Crippen LogP contribution in [0.2, 0.25) is 0 Å². The van der Waals surface area contributed by atoms with Crippen LogP contribution >= 0.6 is 15.9 Å². The van der Waals surface area contributed by atoms with E-state index in [4.69, 9.17) is 4.74 Å². The van der Waals surface area contributed by atoms with Crippen LogP contribution in [0, 0.1) is 10.1 Å². The largest absolute Gasteiger partial charge is 0.380 e. The zero-order valence-corrected chi connectivity index (χ0v) is 12.1. The van der Waals surface area contributed by atoms with Crippen LogP contribution in [0.3, 0.4) is 0 Å². The molecule has 1 rings (SSSR count). The summed E-state index contributed by atoms with van der Waals surface area (Å²) in [5, 5.41) is 14.1. The molecule has 1 N–H and O–H groups in total. The number of hydrogen-bond donors (Lipinski definition) is 1. The lowest BCUT2D eigenvalue weighted by molar-refractivity contribution is -0.385. The van der Waals surface area contributed by atoms with Crippen molar-refractivity contribution in [1.29, 1.82) is 0 Å². The first-order chi connectivity index (χ1) is 8.54. The smallest absolute Gasteiger partial charge is 0.275 e. The van der Waals surface area contributed by atoms with Crippen molar-refractivity contribution in [3.63, 3.8) is 0 Å². The lowest BCUT2D eigenvalue weighted by Crippen LogP contribution is -2.30. The highest BCUT2D eigenvalue weighted by Crippen LogP contribution is 2.23. The van der Waals surface area contributed by atoms with Crippen molar-refractivity contribution >= 4 is 21.6 Å². The average Bonchev–Trinajstić information content (AvgIpc) is 2.34. The Kier molecular flexibility index (Phi) is 6.24. The molecule has 1 unspecified atom stereocenters. The summed E-state index contributed by atoms with van der Waals surface area (Å²) in [6, 6.07) is 5.23. The molecule has 0 aliphatic heterocycles. The van der Waals surface area contributed by atoms with Crippen molar-refractivity contribution in [2.75, 3.05) is 13.2 Å². The first-order valence-electron chi connectivity index (χ1n) is 5.78. The van der Waals surface area contributed by atoms with Crippen LogP contribution in [0.15, 0.2) is 22.7 Å². The van der Waals surface area contributed by atoms with E-state index in [-0.39, 0.29) is 16.7 Å². The highest BCUT2D eigenvalue weighted by molar-refractivity contribution is 9.10. The fourth-order valence-corrected chi connectivity index (χ4v) is 1.84. The first kappa shape index (κ1) is 15.1. The molecule has 6 heteroatoms. The van der Waals surface area contributed by atoms with Crippen LogP contribution in [-0.2, 0) is 11.3 Å². The molecule has 0 heterocycles. The van der Waals surface area contributed by atoms with E-state index >= 15 is 0 Å². The van der Waals surface area contributed by atoms with Gasteiger partial charge in [0.1, 0.15) is 0 Å². The van der Waals surface area contributed by atoms with Gasteiger partial charge in [0, 0.05) is 35.3 Å². The molecule has 5 nitrogen and oxygen atoms in total. The number of halogens is 1. The number of nitro benzene ring substituents is 1. The molecule has 0 amide bonds. The summed E-state index contributed by atoms with van der Waals surface area (Å²) in [6.45, 7) is 5.65. The van der Waals surface area contributed by atoms with Crippen LogP contribution < -0.4 is 5.32 Å². The van der Waals surface area contributed by atoms with Crippen LogP contribution in [-0.4, -0.2) is 24.2 Å². The minimum atomic E-state index is -0.366. The maximum atomic E-state index is 10.9. The monoisotopic (exact) mass is 316 g/mol. The molecule has 0 spiro atoms. The normalized spacial score (nSPS) is 12.4. The third-order valence-electron chi connectivity index (χ3n) is 2.46. The minimum absolute atomic E-state index is 0.125. The van der Waals surface area contributed by atoms with E-state index in [9.17, 15) is 10.1 Å². The van der Waals surface area contributed by atoms with Gasteiger partial charge in [-0.3, -0.25) is 10.1 Å². The van der Waals surface area contributed by atoms with E-state index < -0.39 is 0 Å². The zero-order valence-electron chi connectivity index (χ0n) is 10.5. The van der Waals surface area contributed by atoms with Gasteiger partial charge in [-0.1, -0.05) is 15.9 Å². The average molecular weight is 317 g/mol. The van der Waals surface area contributed by atoms with Gasteiger partial charge in [0.15, 0.2) is 0 Å².